The summed E-state index contributed by atoms with van der Waals surface area (Å²) in [7, 11) is 1.92. The molecule has 3 rings (SSSR count). The maximum atomic E-state index is 12.7. The molecule has 1 aromatic heterocycles. The summed E-state index contributed by atoms with van der Waals surface area (Å²) in [5.74, 6) is 0.0460. The lowest BCUT2D eigenvalue weighted by Crippen LogP contribution is -2.28. The number of benzene rings is 1. The van der Waals surface area contributed by atoms with E-state index < -0.39 is 0 Å². The van der Waals surface area contributed by atoms with Gasteiger partial charge in [0, 0.05) is 36.5 Å². The fraction of sp³-hybridized carbons (Fsp3) is 0.412. The molecule has 2 aromatic rings. The molecule has 1 aliphatic heterocycles. The van der Waals surface area contributed by atoms with Gasteiger partial charge in [-0.2, -0.15) is 5.10 Å². The van der Waals surface area contributed by atoms with Gasteiger partial charge in [-0.05, 0) is 44.0 Å². The van der Waals surface area contributed by atoms with Gasteiger partial charge in [-0.15, -0.1) is 0 Å². The average molecular weight is 333 g/mol. The lowest BCUT2D eigenvalue weighted by atomic mass is 10.1. The SMILES string of the molecule is Cc1cc(CNc2ccc(Cl)cc2C(=O)N2CCCC2)nn1C. The van der Waals surface area contributed by atoms with Crippen molar-refractivity contribution >= 4 is 23.2 Å². The van der Waals surface area contributed by atoms with Crippen LogP contribution in [0.3, 0.4) is 0 Å². The first-order valence-electron chi connectivity index (χ1n) is 7.87. The first-order chi connectivity index (χ1) is 11.0. The highest BCUT2D eigenvalue weighted by atomic mass is 35.5. The Labute approximate surface area is 141 Å². The standard InChI is InChI=1S/C17H21ClN4O/c1-12-9-14(20-21(12)2)11-19-16-6-5-13(18)10-15(16)17(23)22-7-3-4-8-22/h5-6,9-10,19H,3-4,7-8,11H2,1-2H3. The smallest absolute Gasteiger partial charge is 0.256 e. The Morgan fingerprint density at radius 2 is 2.04 bits per heavy atom. The predicted molar refractivity (Wildman–Crippen MR) is 91.9 cm³/mol. The number of likely N-dealkylation sites (tertiary alicyclic amines) is 1. The summed E-state index contributed by atoms with van der Waals surface area (Å²) >= 11 is 6.09. The number of carbonyl (C=O) groups is 1. The number of carbonyl (C=O) groups excluding carboxylic acids is 1. The first-order valence-corrected chi connectivity index (χ1v) is 8.24. The minimum absolute atomic E-state index is 0.0460. The molecule has 5 nitrogen and oxygen atoms in total. The Morgan fingerprint density at radius 3 is 2.70 bits per heavy atom. The van der Waals surface area contributed by atoms with Crippen LogP contribution in [0.2, 0.25) is 5.02 Å². The van der Waals surface area contributed by atoms with E-state index in [4.69, 9.17) is 11.6 Å². The van der Waals surface area contributed by atoms with Crippen LogP contribution in [-0.4, -0.2) is 33.7 Å². The number of anilines is 1. The molecule has 1 aromatic carbocycles. The lowest BCUT2D eigenvalue weighted by molar-refractivity contribution is 0.0793. The number of nitrogens with zero attached hydrogens (tertiary/aromatic N) is 3. The van der Waals surface area contributed by atoms with Crippen LogP contribution in [0.15, 0.2) is 24.3 Å². The van der Waals surface area contributed by atoms with Crippen LogP contribution in [0.25, 0.3) is 0 Å². The van der Waals surface area contributed by atoms with E-state index in [-0.39, 0.29) is 5.91 Å². The zero-order valence-corrected chi connectivity index (χ0v) is 14.2. The summed E-state index contributed by atoms with van der Waals surface area (Å²) < 4.78 is 1.84. The van der Waals surface area contributed by atoms with Gasteiger partial charge in [0.2, 0.25) is 0 Å². The number of rotatable bonds is 4. The summed E-state index contributed by atoms with van der Waals surface area (Å²) in [6, 6.07) is 7.44. The van der Waals surface area contributed by atoms with Crippen LogP contribution in [-0.2, 0) is 13.6 Å². The maximum absolute atomic E-state index is 12.7. The molecule has 0 radical (unpaired) electrons. The van der Waals surface area contributed by atoms with Gasteiger partial charge in [-0.25, -0.2) is 0 Å². The van der Waals surface area contributed by atoms with Crippen LogP contribution in [0.5, 0.6) is 0 Å². The van der Waals surface area contributed by atoms with Crippen molar-refractivity contribution in [1.29, 1.82) is 0 Å². The van der Waals surface area contributed by atoms with E-state index in [2.05, 4.69) is 10.4 Å². The van der Waals surface area contributed by atoms with Gasteiger partial charge in [-0.3, -0.25) is 9.48 Å². The largest absolute Gasteiger partial charge is 0.379 e. The van der Waals surface area contributed by atoms with E-state index in [0.717, 1.165) is 43.0 Å². The Bertz CT molecular complexity index is 700. The highest BCUT2D eigenvalue weighted by Gasteiger charge is 2.22. The number of hydrogen-bond acceptors (Lipinski definition) is 3. The minimum Gasteiger partial charge on any atom is -0.379 e. The topological polar surface area (TPSA) is 50.2 Å². The fourth-order valence-electron chi connectivity index (χ4n) is 2.85. The summed E-state index contributed by atoms with van der Waals surface area (Å²) in [5.41, 5.74) is 3.48. The zero-order valence-electron chi connectivity index (χ0n) is 13.5. The third-order valence-electron chi connectivity index (χ3n) is 4.23. The maximum Gasteiger partial charge on any atom is 0.256 e. The third-order valence-corrected chi connectivity index (χ3v) is 4.46. The molecule has 122 valence electrons. The van der Waals surface area contributed by atoms with E-state index in [1.165, 1.54) is 0 Å². The monoisotopic (exact) mass is 332 g/mol. The van der Waals surface area contributed by atoms with Crippen molar-refractivity contribution in [3.63, 3.8) is 0 Å². The van der Waals surface area contributed by atoms with Crippen molar-refractivity contribution in [1.82, 2.24) is 14.7 Å². The second-order valence-corrected chi connectivity index (χ2v) is 6.38. The van der Waals surface area contributed by atoms with Crippen molar-refractivity contribution < 1.29 is 4.79 Å². The van der Waals surface area contributed by atoms with Crippen molar-refractivity contribution in [2.45, 2.75) is 26.3 Å². The van der Waals surface area contributed by atoms with Crippen molar-refractivity contribution in [2.24, 2.45) is 7.05 Å². The first kappa shape index (κ1) is 15.9. The highest BCUT2D eigenvalue weighted by Crippen LogP contribution is 2.24. The number of nitrogens with one attached hydrogen (secondary N) is 1. The number of aromatic nitrogens is 2. The molecule has 1 fully saturated rings. The Morgan fingerprint density at radius 1 is 1.30 bits per heavy atom. The van der Waals surface area contributed by atoms with Crippen LogP contribution in [0, 0.1) is 6.92 Å². The molecule has 0 bridgehead atoms. The lowest BCUT2D eigenvalue weighted by Gasteiger charge is -2.18. The van der Waals surface area contributed by atoms with Gasteiger partial charge in [0.05, 0.1) is 17.8 Å². The van der Waals surface area contributed by atoms with Gasteiger partial charge in [0.25, 0.3) is 5.91 Å². The van der Waals surface area contributed by atoms with E-state index >= 15 is 0 Å². The Hall–Kier alpha value is -2.01. The fourth-order valence-corrected chi connectivity index (χ4v) is 3.02. The normalized spacial score (nSPS) is 14.3. The number of aryl methyl sites for hydroxylation is 2. The molecule has 6 heteroatoms. The number of amides is 1. The molecule has 0 unspecified atom stereocenters. The Kier molecular flexibility index (Phi) is 4.57. The molecule has 0 atom stereocenters. The molecular weight excluding hydrogens is 312 g/mol. The van der Waals surface area contributed by atoms with E-state index in [1.54, 1.807) is 12.1 Å². The molecule has 23 heavy (non-hydrogen) atoms. The van der Waals surface area contributed by atoms with E-state index in [1.807, 2.05) is 35.7 Å². The van der Waals surface area contributed by atoms with Gasteiger partial charge in [0.15, 0.2) is 0 Å². The second kappa shape index (κ2) is 6.62. The van der Waals surface area contributed by atoms with Gasteiger partial charge >= 0.3 is 0 Å². The van der Waals surface area contributed by atoms with E-state index in [0.29, 0.717) is 17.1 Å². The van der Waals surface area contributed by atoms with Crippen molar-refractivity contribution in [3.8, 4) is 0 Å². The summed E-state index contributed by atoms with van der Waals surface area (Å²) in [5, 5.41) is 8.32. The zero-order chi connectivity index (χ0) is 16.4. The summed E-state index contributed by atoms with van der Waals surface area (Å²) in [4.78, 5) is 14.6. The molecule has 0 aliphatic carbocycles. The quantitative estimate of drug-likeness (QED) is 0.935. The molecule has 1 N–H and O–H groups in total. The molecule has 1 aliphatic rings. The van der Waals surface area contributed by atoms with E-state index in [9.17, 15) is 4.79 Å². The van der Waals surface area contributed by atoms with Crippen molar-refractivity contribution in [2.75, 3.05) is 18.4 Å². The summed E-state index contributed by atoms with van der Waals surface area (Å²) in [6.45, 7) is 4.24. The second-order valence-electron chi connectivity index (χ2n) is 5.94. The molecule has 1 amide bonds. The summed E-state index contributed by atoms with van der Waals surface area (Å²) in [6.07, 6.45) is 2.14. The van der Waals surface area contributed by atoms with Crippen LogP contribution < -0.4 is 5.32 Å². The highest BCUT2D eigenvalue weighted by molar-refractivity contribution is 6.31. The van der Waals surface area contributed by atoms with Gasteiger partial charge in [-0.1, -0.05) is 11.6 Å². The van der Waals surface area contributed by atoms with Gasteiger partial charge < -0.3 is 10.2 Å². The molecule has 0 saturated carbocycles. The van der Waals surface area contributed by atoms with Gasteiger partial charge in [0.1, 0.15) is 0 Å². The van der Waals surface area contributed by atoms with Crippen LogP contribution in [0.1, 0.15) is 34.6 Å². The number of hydrogen-bond donors (Lipinski definition) is 1. The Balaban J connectivity index is 1.79. The predicted octanol–water partition coefficient (Wildman–Crippen LogP) is 3.23. The number of halogens is 1. The molecule has 0 spiro atoms. The molecule has 2 heterocycles. The van der Waals surface area contributed by atoms with Crippen molar-refractivity contribution in [3.05, 3.63) is 46.2 Å². The van der Waals surface area contributed by atoms with Crippen LogP contribution >= 0.6 is 11.6 Å². The minimum atomic E-state index is 0.0460. The molecular formula is C17H21ClN4O. The van der Waals surface area contributed by atoms with Crippen LogP contribution in [0.4, 0.5) is 5.69 Å². The third kappa shape index (κ3) is 3.50. The average Bonchev–Trinajstić information content (AvgIpc) is 3.16. The molecule has 1 saturated heterocycles.